The minimum atomic E-state index is -1.87. The summed E-state index contributed by atoms with van der Waals surface area (Å²) in [6.07, 6.45) is 2.89. The van der Waals surface area contributed by atoms with Gasteiger partial charge in [-0.1, -0.05) is 48.1 Å². The summed E-state index contributed by atoms with van der Waals surface area (Å²) in [6, 6.07) is 0. The number of hydrogen-bond acceptors (Lipinski definition) is 2. The van der Waals surface area contributed by atoms with Gasteiger partial charge in [0.05, 0.1) is 0 Å². The van der Waals surface area contributed by atoms with E-state index in [4.69, 9.17) is 39.5 Å². The number of halogens is 3. The van der Waals surface area contributed by atoms with Crippen LogP contribution in [0.1, 0.15) is 26.2 Å². The van der Waals surface area contributed by atoms with Gasteiger partial charge in [0.2, 0.25) is 0 Å². The molecule has 6 heteroatoms. The first kappa shape index (κ1) is 15.3. The molecule has 1 amide bonds. The van der Waals surface area contributed by atoms with E-state index in [1.54, 1.807) is 0 Å². The van der Waals surface area contributed by atoms with E-state index in [1.165, 1.54) is 0 Å². The highest BCUT2D eigenvalue weighted by Crippen LogP contribution is 2.25. The first-order chi connectivity index (χ1) is 6.98. The highest BCUT2D eigenvalue weighted by atomic mass is 35.6. The average Bonchev–Trinajstić information content (AvgIpc) is 2.14. The van der Waals surface area contributed by atoms with Crippen LogP contribution in [-0.2, 0) is 9.53 Å². The Morgan fingerprint density at radius 2 is 1.87 bits per heavy atom. The molecule has 0 radical (unpaired) electrons. The van der Waals surface area contributed by atoms with Crippen LogP contribution in [0, 0.1) is 0 Å². The molecule has 0 atom stereocenters. The number of carbonyl (C=O) groups is 1. The van der Waals surface area contributed by atoms with Crippen molar-refractivity contribution in [3.8, 4) is 0 Å². The van der Waals surface area contributed by atoms with Gasteiger partial charge < -0.3 is 10.1 Å². The van der Waals surface area contributed by atoms with Gasteiger partial charge in [-0.05, 0) is 12.8 Å². The number of alkyl halides is 3. The molecule has 0 bridgehead atoms. The first-order valence-corrected chi connectivity index (χ1v) is 6.04. The highest BCUT2D eigenvalue weighted by molar-refractivity contribution is 6.76. The summed E-state index contributed by atoms with van der Waals surface area (Å²) in [5.41, 5.74) is 0. The van der Waals surface area contributed by atoms with Gasteiger partial charge >= 0.3 is 0 Å². The second-order valence-electron chi connectivity index (χ2n) is 3.07. The lowest BCUT2D eigenvalue weighted by molar-refractivity contribution is -0.120. The smallest absolute Gasteiger partial charge is 0.272 e. The van der Waals surface area contributed by atoms with Crippen molar-refractivity contribution in [1.29, 1.82) is 0 Å². The summed E-state index contributed by atoms with van der Waals surface area (Å²) in [5, 5.41) is 2.50. The summed E-state index contributed by atoms with van der Waals surface area (Å²) in [7, 11) is 0. The van der Waals surface area contributed by atoms with Crippen LogP contribution in [-0.4, -0.2) is 29.5 Å². The van der Waals surface area contributed by atoms with Crippen molar-refractivity contribution in [2.45, 2.75) is 30.0 Å². The van der Waals surface area contributed by atoms with Crippen LogP contribution in [0.4, 0.5) is 0 Å². The molecule has 15 heavy (non-hydrogen) atoms. The molecule has 0 rings (SSSR count). The Morgan fingerprint density at radius 1 is 1.27 bits per heavy atom. The molecule has 0 unspecified atom stereocenters. The summed E-state index contributed by atoms with van der Waals surface area (Å²) in [5.74, 6) is -0.596. The molecule has 0 saturated carbocycles. The third-order valence-corrected chi connectivity index (χ3v) is 2.17. The van der Waals surface area contributed by atoms with E-state index in [0.717, 1.165) is 25.9 Å². The third-order valence-electron chi connectivity index (χ3n) is 1.65. The zero-order chi connectivity index (χ0) is 11.7. The predicted molar refractivity (Wildman–Crippen MR) is 63.6 cm³/mol. The van der Waals surface area contributed by atoms with Crippen molar-refractivity contribution < 1.29 is 9.53 Å². The molecule has 1 N–H and O–H groups in total. The van der Waals surface area contributed by atoms with Crippen LogP contribution in [0.25, 0.3) is 0 Å². The molecule has 90 valence electrons. The van der Waals surface area contributed by atoms with Gasteiger partial charge in [-0.25, -0.2) is 0 Å². The fourth-order valence-electron chi connectivity index (χ4n) is 0.825. The van der Waals surface area contributed by atoms with Crippen molar-refractivity contribution in [3.05, 3.63) is 0 Å². The van der Waals surface area contributed by atoms with E-state index in [2.05, 4.69) is 12.2 Å². The summed E-state index contributed by atoms with van der Waals surface area (Å²) in [6.45, 7) is 3.93. The van der Waals surface area contributed by atoms with Crippen molar-refractivity contribution in [2.24, 2.45) is 0 Å². The normalized spacial score (nSPS) is 11.5. The van der Waals surface area contributed by atoms with Crippen LogP contribution in [0.5, 0.6) is 0 Å². The number of carbonyl (C=O) groups excluding carboxylic acids is 1. The largest absolute Gasteiger partial charge is 0.381 e. The van der Waals surface area contributed by atoms with Crippen molar-refractivity contribution >= 4 is 40.7 Å². The molecule has 0 aromatic heterocycles. The second kappa shape index (κ2) is 8.45. The maximum Gasteiger partial charge on any atom is 0.272 e. The molecule has 3 nitrogen and oxygen atoms in total. The quantitative estimate of drug-likeness (QED) is 0.573. The molecule has 0 saturated heterocycles. The topological polar surface area (TPSA) is 38.3 Å². The van der Waals surface area contributed by atoms with E-state index in [-0.39, 0.29) is 0 Å². The van der Waals surface area contributed by atoms with Gasteiger partial charge in [-0.2, -0.15) is 0 Å². The van der Waals surface area contributed by atoms with Gasteiger partial charge in [0.1, 0.15) is 0 Å². The summed E-state index contributed by atoms with van der Waals surface area (Å²) < 4.78 is 3.42. The highest BCUT2D eigenvalue weighted by Gasteiger charge is 2.29. The van der Waals surface area contributed by atoms with Crippen LogP contribution in [0.15, 0.2) is 0 Å². The molecule has 0 aromatic carbocycles. The molecule has 0 aliphatic carbocycles. The fraction of sp³-hybridized carbons (Fsp3) is 0.889. The SMILES string of the molecule is CCCCOCCCNC(=O)C(Cl)(Cl)Cl. The Hall–Kier alpha value is 0.300. The zero-order valence-corrected chi connectivity index (χ0v) is 11.0. The van der Waals surface area contributed by atoms with E-state index in [9.17, 15) is 4.79 Å². The molecule has 0 aromatic rings. The van der Waals surface area contributed by atoms with E-state index < -0.39 is 9.70 Å². The molecule has 0 spiro atoms. The number of unbranched alkanes of at least 4 members (excludes halogenated alkanes) is 1. The molecule has 0 aliphatic rings. The number of nitrogens with one attached hydrogen (secondary N) is 1. The second-order valence-corrected chi connectivity index (χ2v) is 5.35. The van der Waals surface area contributed by atoms with E-state index in [1.807, 2.05) is 0 Å². The first-order valence-electron chi connectivity index (χ1n) is 4.91. The van der Waals surface area contributed by atoms with Crippen molar-refractivity contribution in [1.82, 2.24) is 5.32 Å². The minimum Gasteiger partial charge on any atom is -0.381 e. The number of rotatable bonds is 7. The standard InChI is InChI=1S/C9H16Cl3NO2/c1-2-3-6-15-7-4-5-13-8(14)9(10,11)12/h2-7H2,1H3,(H,13,14). The van der Waals surface area contributed by atoms with Gasteiger partial charge in [-0.3, -0.25) is 4.79 Å². The lowest BCUT2D eigenvalue weighted by Gasteiger charge is -2.11. The van der Waals surface area contributed by atoms with Crippen molar-refractivity contribution in [2.75, 3.05) is 19.8 Å². The molecule has 0 fully saturated rings. The Bertz CT molecular complexity index is 183. The van der Waals surface area contributed by atoms with Gasteiger partial charge in [0, 0.05) is 19.8 Å². The van der Waals surface area contributed by atoms with Crippen LogP contribution in [0.2, 0.25) is 0 Å². The number of hydrogen-bond donors (Lipinski definition) is 1. The lowest BCUT2D eigenvalue weighted by Crippen LogP contribution is -2.35. The number of ether oxygens (including phenoxy) is 1. The lowest BCUT2D eigenvalue weighted by atomic mass is 10.4. The van der Waals surface area contributed by atoms with Gasteiger partial charge in [-0.15, -0.1) is 0 Å². The monoisotopic (exact) mass is 275 g/mol. The van der Waals surface area contributed by atoms with E-state index in [0.29, 0.717) is 13.2 Å². The molecule has 0 aliphatic heterocycles. The Labute approximate surface area is 105 Å². The summed E-state index contributed by atoms with van der Waals surface area (Å²) in [4.78, 5) is 11.1. The predicted octanol–water partition coefficient (Wildman–Crippen LogP) is 2.68. The molecular formula is C9H16Cl3NO2. The maximum atomic E-state index is 11.1. The van der Waals surface area contributed by atoms with E-state index >= 15 is 0 Å². The maximum absolute atomic E-state index is 11.1. The Kier molecular flexibility index (Phi) is 8.62. The zero-order valence-electron chi connectivity index (χ0n) is 8.69. The van der Waals surface area contributed by atoms with Gasteiger partial charge in [0.25, 0.3) is 9.70 Å². The van der Waals surface area contributed by atoms with Crippen LogP contribution >= 0.6 is 34.8 Å². The van der Waals surface area contributed by atoms with Crippen LogP contribution < -0.4 is 5.32 Å². The van der Waals surface area contributed by atoms with Gasteiger partial charge in [0.15, 0.2) is 0 Å². The number of amides is 1. The molecular weight excluding hydrogens is 260 g/mol. The third kappa shape index (κ3) is 9.24. The summed E-state index contributed by atoms with van der Waals surface area (Å²) >= 11 is 16.1. The fourth-order valence-corrected chi connectivity index (χ4v) is 1.03. The Balaban J connectivity index is 3.28. The average molecular weight is 277 g/mol. The minimum absolute atomic E-state index is 0.457. The van der Waals surface area contributed by atoms with Crippen LogP contribution in [0.3, 0.4) is 0 Å². The van der Waals surface area contributed by atoms with Crippen molar-refractivity contribution in [3.63, 3.8) is 0 Å². The molecule has 0 heterocycles. The Morgan fingerprint density at radius 3 is 2.40 bits per heavy atom.